The van der Waals surface area contributed by atoms with E-state index in [9.17, 15) is 0 Å². The van der Waals surface area contributed by atoms with Gasteiger partial charge in [-0.05, 0) is 39.0 Å². The van der Waals surface area contributed by atoms with Crippen LogP contribution in [0, 0.1) is 13.8 Å². The molecule has 21 heavy (non-hydrogen) atoms. The zero-order chi connectivity index (χ0) is 14.8. The Hall–Kier alpha value is -2.21. The fourth-order valence-corrected chi connectivity index (χ4v) is 2.46. The van der Waals surface area contributed by atoms with Crippen molar-refractivity contribution in [3.05, 3.63) is 47.7 Å². The molecule has 0 bridgehead atoms. The highest BCUT2D eigenvalue weighted by atomic mass is 15.3. The molecule has 6 nitrogen and oxygen atoms in total. The molecule has 0 aromatic carbocycles. The van der Waals surface area contributed by atoms with Crippen molar-refractivity contribution >= 4 is 5.65 Å². The lowest BCUT2D eigenvalue weighted by Gasteiger charge is -2.14. The van der Waals surface area contributed by atoms with Crippen LogP contribution in [0.4, 0.5) is 0 Å². The van der Waals surface area contributed by atoms with Crippen molar-refractivity contribution in [2.24, 2.45) is 0 Å². The van der Waals surface area contributed by atoms with E-state index in [2.05, 4.69) is 40.5 Å². The van der Waals surface area contributed by atoms with Gasteiger partial charge >= 0.3 is 0 Å². The number of hydrogen-bond acceptors (Lipinski definition) is 4. The van der Waals surface area contributed by atoms with Gasteiger partial charge in [-0.15, -0.1) is 10.2 Å². The zero-order valence-electron chi connectivity index (χ0n) is 12.6. The Kier molecular flexibility index (Phi) is 3.70. The summed E-state index contributed by atoms with van der Waals surface area (Å²) in [5, 5.41) is 16.3. The average Bonchev–Trinajstić information content (AvgIpc) is 3.00. The highest BCUT2D eigenvalue weighted by molar-refractivity contribution is 5.36. The van der Waals surface area contributed by atoms with Crippen LogP contribution in [0.5, 0.6) is 0 Å². The minimum Gasteiger partial charge on any atom is -0.305 e. The van der Waals surface area contributed by atoms with Gasteiger partial charge in [0.15, 0.2) is 11.5 Å². The predicted molar refractivity (Wildman–Crippen MR) is 81.0 cm³/mol. The minimum atomic E-state index is 0.305. The molecule has 0 aliphatic heterocycles. The molecule has 6 heteroatoms. The molecule has 1 N–H and O–H groups in total. The smallest absolute Gasteiger partial charge is 0.160 e. The van der Waals surface area contributed by atoms with Gasteiger partial charge in [-0.2, -0.15) is 5.10 Å². The molecule has 0 amide bonds. The molecular formula is C15H20N6. The first-order chi connectivity index (χ1) is 10.1. The number of rotatable bonds is 5. The number of pyridine rings is 1. The number of hydrogen-bond donors (Lipinski definition) is 1. The Balaban J connectivity index is 1.63. The summed E-state index contributed by atoms with van der Waals surface area (Å²) in [5.74, 6) is 0.922. The standard InChI is InChI=1S/C15H20N6/c1-11-8-13(3)21(19-11)10-12(2)16-9-15-18-17-14-6-4-5-7-20(14)15/h4-8,12,16H,9-10H2,1-3H3. The van der Waals surface area contributed by atoms with Crippen molar-refractivity contribution < 1.29 is 0 Å². The summed E-state index contributed by atoms with van der Waals surface area (Å²) in [5.41, 5.74) is 3.12. The van der Waals surface area contributed by atoms with Crippen LogP contribution in [0.25, 0.3) is 5.65 Å². The van der Waals surface area contributed by atoms with Crippen LogP contribution >= 0.6 is 0 Å². The van der Waals surface area contributed by atoms with Gasteiger partial charge in [-0.25, -0.2) is 0 Å². The summed E-state index contributed by atoms with van der Waals surface area (Å²) in [6.45, 7) is 7.78. The van der Waals surface area contributed by atoms with Crippen LogP contribution in [0.15, 0.2) is 30.5 Å². The second kappa shape index (κ2) is 5.65. The Labute approximate surface area is 123 Å². The van der Waals surface area contributed by atoms with E-state index in [-0.39, 0.29) is 0 Å². The third-order valence-electron chi connectivity index (χ3n) is 3.54. The summed E-state index contributed by atoms with van der Waals surface area (Å²) < 4.78 is 4.04. The molecule has 1 atom stereocenters. The number of nitrogens with zero attached hydrogens (tertiary/aromatic N) is 5. The number of aryl methyl sites for hydroxylation is 2. The summed E-state index contributed by atoms with van der Waals surface area (Å²) in [7, 11) is 0. The van der Waals surface area contributed by atoms with Crippen LogP contribution in [0.1, 0.15) is 24.1 Å². The van der Waals surface area contributed by atoms with Crippen molar-refractivity contribution in [1.29, 1.82) is 0 Å². The largest absolute Gasteiger partial charge is 0.305 e. The first kappa shape index (κ1) is 13.8. The highest BCUT2D eigenvalue weighted by Crippen LogP contribution is 2.05. The number of fused-ring (bicyclic) bond motifs is 1. The fourth-order valence-electron chi connectivity index (χ4n) is 2.46. The first-order valence-corrected chi connectivity index (χ1v) is 7.16. The second-order valence-electron chi connectivity index (χ2n) is 5.44. The summed E-state index contributed by atoms with van der Waals surface area (Å²) in [4.78, 5) is 0. The maximum atomic E-state index is 4.49. The molecular weight excluding hydrogens is 264 g/mol. The van der Waals surface area contributed by atoms with Gasteiger partial charge in [0.05, 0.1) is 18.8 Å². The Morgan fingerprint density at radius 1 is 1.24 bits per heavy atom. The Morgan fingerprint density at radius 2 is 2.10 bits per heavy atom. The zero-order valence-corrected chi connectivity index (χ0v) is 12.6. The molecule has 110 valence electrons. The van der Waals surface area contributed by atoms with Crippen LogP contribution in [-0.2, 0) is 13.1 Å². The van der Waals surface area contributed by atoms with Gasteiger partial charge in [0, 0.05) is 17.9 Å². The number of nitrogens with one attached hydrogen (secondary N) is 1. The summed E-state index contributed by atoms with van der Waals surface area (Å²) in [6, 6.07) is 8.31. The summed E-state index contributed by atoms with van der Waals surface area (Å²) in [6.07, 6.45) is 1.98. The molecule has 0 spiro atoms. The van der Waals surface area contributed by atoms with Crippen molar-refractivity contribution in [2.75, 3.05) is 0 Å². The van der Waals surface area contributed by atoms with Crippen LogP contribution in [-0.4, -0.2) is 30.4 Å². The molecule has 0 saturated carbocycles. The quantitative estimate of drug-likeness (QED) is 0.775. The van der Waals surface area contributed by atoms with Crippen molar-refractivity contribution in [3.8, 4) is 0 Å². The van der Waals surface area contributed by atoms with Crippen molar-refractivity contribution in [1.82, 2.24) is 29.7 Å². The molecule has 3 heterocycles. The molecule has 3 aromatic rings. The van der Waals surface area contributed by atoms with Gasteiger partial charge in [0.2, 0.25) is 0 Å². The average molecular weight is 284 g/mol. The van der Waals surface area contributed by atoms with E-state index in [1.165, 1.54) is 5.69 Å². The van der Waals surface area contributed by atoms with Gasteiger partial charge < -0.3 is 5.32 Å². The van der Waals surface area contributed by atoms with E-state index in [0.717, 1.165) is 23.7 Å². The van der Waals surface area contributed by atoms with Gasteiger partial charge in [0.25, 0.3) is 0 Å². The predicted octanol–water partition coefficient (Wildman–Crippen LogP) is 1.72. The topological polar surface area (TPSA) is 60.0 Å². The summed E-state index contributed by atoms with van der Waals surface area (Å²) >= 11 is 0. The Bertz CT molecular complexity index is 742. The lowest BCUT2D eigenvalue weighted by Crippen LogP contribution is -2.31. The monoisotopic (exact) mass is 284 g/mol. The van der Waals surface area contributed by atoms with E-state index in [1.807, 2.05) is 40.4 Å². The third-order valence-corrected chi connectivity index (χ3v) is 3.54. The van der Waals surface area contributed by atoms with Crippen LogP contribution in [0.2, 0.25) is 0 Å². The molecule has 3 rings (SSSR count). The normalized spacial score (nSPS) is 12.9. The Morgan fingerprint density at radius 3 is 2.86 bits per heavy atom. The van der Waals surface area contributed by atoms with Gasteiger partial charge in [-0.1, -0.05) is 6.07 Å². The maximum absolute atomic E-state index is 4.49. The lowest BCUT2D eigenvalue weighted by molar-refractivity contribution is 0.438. The third kappa shape index (κ3) is 2.95. The highest BCUT2D eigenvalue weighted by Gasteiger charge is 2.09. The van der Waals surface area contributed by atoms with E-state index in [1.54, 1.807) is 0 Å². The van der Waals surface area contributed by atoms with Crippen molar-refractivity contribution in [3.63, 3.8) is 0 Å². The molecule has 0 aliphatic rings. The second-order valence-corrected chi connectivity index (χ2v) is 5.44. The van der Waals surface area contributed by atoms with E-state index in [4.69, 9.17) is 0 Å². The van der Waals surface area contributed by atoms with E-state index in [0.29, 0.717) is 12.6 Å². The van der Waals surface area contributed by atoms with Crippen LogP contribution < -0.4 is 5.32 Å². The fraction of sp³-hybridized carbons (Fsp3) is 0.400. The molecule has 0 aliphatic carbocycles. The molecule has 0 radical (unpaired) electrons. The molecule has 3 aromatic heterocycles. The molecule has 0 fully saturated rings. The SMILES string of the molecule is Cc1cc(C)n(CC(C)NCc2nnc3ccccn23)n1. The first-order valence-electron chi connectivity index (χ1n) is 7.16. The molecule has 1 unspecified atom stereocenters. The number of aromatic nitrogens is 5. The van der Waals surface area contributed by atoms with Gasteiger partial charge in [-0.3, -0.25) is 9.08 Å². The van der Waals surface area contributed by atoms with E-state index < -0.39 is 0 Å². The van der Waals surface area contributed by atoms with Crippen molar-refractivity contribution in [2.45, 2.75) is 39.9 Å². The maximum Gasteiger partial charge on any atom is 0.160 e. The van der Waals surface area contributed by atoms with E-state index >= 15 is 0 Å². The minimum absolute atomic E-state index is 0.305. The molecule has 0 saturated heterocycles. The van der Waals surface area contributed by atoms with Crippen LogP contribution in [0.3, 0.4) is 0 Å². The van der Waals surface area contributed by atoms with Gasteiger partial charge in [0.1, 0.15) is 0 Å². The lowest BCUT2D eigenvalue weighted by atomic mass is 10.3.